The van der Waals surface area contributed by atoms with Crippen molar-refractivity contribution >= 4 is 56.4 Å². The maximum absolute atomic E-state index is 12.9. The Labute approximate surface area is 193 Å². The summed E-state index contributed by atoms with van der Waals surface area (Å²) < 4.78 is 34.0. The van der Waals surface area contributed by atoms with Gasteiger partial charge in [-0.15, -0.1) is 0 Å². The van der Waals surface area contributed by atoms with E-state index in [2.05, 4.69) is 5.32 Å². The Hall–Kier alpha value is -2.49. The summed E-state index contributed by atoms with van der Waals surface area (Å²) in [5.74, 6) is 0.247. The van der Waals surface area contributed by atoms with E-state index < -0.39 is 15.9 Å². The van der Waals surface area contributed by atoms with Crippen molar-refractivity contribution in [3.05, 3.63) is 75.2 Å². The lowest BCUT2D eigenvalue weighted by atomic mass is 10.1. The van der Waals surface area contributed by atoms with Crippen molar-refractivity contribution in [2.24, 2.45) is 5.14 Å². The summed E-state index contributed by atoms with van der Waals surface area (Å²) in [5.41, 5.74) is 0.248. The Kier molecular flexibility index (Phi) is 6.98. The first-order valence-corrected chi connectivity index (χ1v) is 11.2. The third-order valence-electron chi connectivity index (χ3n) is 4.05. The Bertz CT molecular complexity index is 1270. The topological polar surface area (TPSA) is 108 Å². The molecule has 31 heavy (non-hydrogen) atoms. The number of primary sulfonamides is 1. The van der Waals surface area contributed by atoms with Gasteiger partial charge in [0.2, 0.25) is 10.0 Å². The largest absolute Gasteiger partial charge is 0.497 e. The van der Waals surface area contributed by atoms with E-state index in [-0.39, 0.29) is 42.7 Å². The van der Waals surface area contributed by atoms with Gasteiger partial charge < -0.3 is 14.8 Å². The van der Waals surface area contributed by atoms with Crippen molar-refractivity contribution in [1.29, 1.82) is 0 Å². The highest BCUT2D eigenvalue weighted by molar-refractivity contribution is 7.89. The zero-order valence-electron chi connectivity index (χ0n) is 15.9. The standard InChI is InChI=1S/C20H15Cl3N2O5S/c1-29-12-5-6-18(17(23)8-12)30-19-10-16(22)15(21)9-14(19)20(26)25-11-3-2-4-13(7-11)31(24,27)28/h2-10H,1H3,(H,25,26)(H2,24,27,28). The summed E-state index contributed by atoms with van der Waals surface area (Å²) in [6, 6.07) is 12.9. The van der Waals surface area contributed by atoms with Crippen LogP contribution < -0.4 is 19.9 Å². The van der Waals surface area contributed by atoms with Crippen LogP contribution in [0.2, 0.25) is 15.1 Å². The molecule has 162 valence electrons. The van der Waals surface area contributed by atoms with Gasteiger partial charge in [0.25, 0.3) is 5.91 Å². The number of benzene rings is 3. The van der Waals surface area contributed by atoms with Gasteiger partial charge in [-0.1, -0.05) is 40.9 Å². The molecule has 0 fully saturated rings. The maximum atomic E-state index is 12.9. The zero-order valence-corrected chi connectivity index (χ0v) is 18.9. The van der Waals surface area contributed by atoms with Gasteiger partial charge in [0.1, 0.15) is 17.2 Å². The van der Waals surface area contributed by atoms with Gasteiger partial charge in [-0.3, -0.25) is 4.79 Å². The molecule has 0 saturated carbocycles. The molecular weight excluding hydrogens is 487 g/mol. The van der Waals surface area contributed by atoms with Crippen molar-refractivity contribution in [3.8, 4) is 17.2 Å². The highest BCUT2D eigenvalue weighted by atomic mass is 35.5. The molecule has 0 atom stereocenters. The minimum absolute atomic E-state index is 0.0438. The van der Waals surface area contributed by atoms with Crippen LogP contribution in [0.3, 0.4) is 0 Å². The molecule has 3 rings (SSSR count). The Morgan fingerprint density at radius 2 is 1.65 bits per heavy atom. The van der Waals surface area contributed by atoms with Crippen molar-refractivity contribution < 1.29 is 22.7 Å². The number of nitrogens with one attached hydrogen (secondary N) is 1. The van der Waals surface area contributed by atoms with E-state index in [0.717, 1.165) is 0 Å². The lowest BCUT2D eigenvalue weighted by molar-refractivity contribution is 0.102. The average Bonchev–Trinajstić information content (AvgIpc) is 2.71. The number of anilines is 1. The molecular formula is C20H15Cl3N2O5S. The number of amides is 1. The third-order valence-corrected chi connectivity index (χ3v) is 5.98. The molecule has 0 aromatic heterocycles. The summed E-state index contributed by atoms with van der Waals surface area (Å²) >= 11 is 18.4. The van der Waals surface area contributed by atoms with Crippen molar-refractivity contribution in [2.75, 3.05) is 12.4 Å². The number of halogens is 3. The van der Waals surface area contributed by atoms with Crippen LogP contribution in [0, 0.1) is 0 Å². The van der Waals surface area contributed by atoms with Crippen LogP contribution in [0.15, 0.2) is 59.5 Å². The maximum Gasteiger partial charge on any atom is 0.259 e. The number of carbonyl (C=O) groups excluding carboxylic acids is 1. The van der Waals surface area contributed by atoms with Crippen LogP contribution in [-0.4, -0.2) is 21.4 Å². The second kappa shape index (κ2) is 9.33. The molecule has 0 aliphatic carbocycles. The Balaban J connectivity index is 1.96. The lowest BCUT2D eigenvalue weighted by Crippen LogP contribution is -2.15. The number of carbonyl (C=O) groups is 1. The first-order chi connectivity index (χ1) is 14.6. The smallest absolute Gasteiger partial charge is 0.259 e. The number of rotatable bonds is 6. The van der Waals surface area contributed by atoms with Gasteiger partial charge in [-0.25, -0.2) is 13.6 Å². The number of hydrogen-bond donors (Lipinski definition) is 2. The van der Waals surface area contributed by atoms with Gasteiger partial charge in [-0.2, -0.15) is 0 Å². The monoisotopic (exact) mass is 500 g/mol. The highest BCUT2D eigenvalue weighted by Gasteiger charge is 2.19. The predicted molar refractivity (Wildman–Crippen MR) is 120 cm³/mol. The summed E-state index contributed by atoms with van der Waals surface area (Å²) in [4.78, 5) is 12.8. The van der Waals surface area contributed by atoms with Crippen LogP contribution in [0.4, 0.5) is 5.69 Å². The average molecular weight is 502 g/mol. The molecule has 3 N–H and O–H groups in total. The Morgan fingerprint density at radius 1 is 0.935 bits per heavy atom. The van der Waals surface area contributed by atoms with E-state index >= 15 is 0 Å². The van der Waals surface area contributed by atoms with Crippen LogP contribution in [0.1, 0.15) is 10.4 Å². The van der Waals surface area contributed by atoms with Gasteiger partial charge in [0, 0.05) is 17.8 Å². The normalized spacial score (nSPS) is 11.1. The van der Waals surface area contributed by atoms with Crippen LogP contribution in [0.25, 0.3) is 0 Å². The van der Waals surface area contributed by atoms with Crippen molar-refractivity contribution in [1.82, 2.24) is 0 Å². The van der Waals surface area contributed by atoms with Gasteiger partial charge in [-0.05, 0) is 36.4 Å². The van der Waals surface area contributed by atoms with Crippen molar-refractivity contribution in [2.45, 2.75) is 4.90 Å². The van der Waals surface area contributed by atoms with Crippen LogP contribution >= 0.6 is 34.8 Å². The van der Waals surface area contributed by atoms with Gasteiger partial charge in [0.05, 0.1) is 32.6 Å². The first-order valence-electron chi connectivity index (χ1n) is 8.53. The minimum Gasteiger partial charge on any atom is -0.497 e. The minimum atomic E-state index is -3.94. The summed E-state index contributed by atoms with van der Waals surface area (Å²) in [6.45, 7) is 0. The number of ether oxygens (including phenoxy) is 2. The molecule has 0 saturated heterocycles. The van der Waals surface area contributed by atoms with Crippen LogP contribution in [0.5, 0.6) is 17.2 Å². The molecule has 1 amide bonds. The van der Waals surface area contributed by atoms with E-state index in [1.54, 1.807) is 18.2 Å². The van der Waals surface area contributed by atoms with E-state index in [4.69, 9.17) is 49.4 Å². The van der Waals surface area contributed by atoms with Gasteiger partial charge in [0.15, 0.2) is 0 Å². The molecule has 0 spiro atoms. The van der Waals surface area contributed by atoms with E-state index in [9.17, 15) is 13.2 Å². The van der Waals surface area contributed by atoms with Crippen molar-refractivity contribution in [3.63, 3.8) is 0 Å². The highest BCUT2D eigenvalue weighted by Crippen LogP contribution is 2.37. The molecule has 3 aromatic carbocycles. The fraction of sp³-hybridized carbons (Fsp3) is 0.0500. The zero-order chi connectivity index (χ0) is 22.8. The summed E-state index contributed by atoms with van der Waals surface area (Å²) in [5, 5.41) is 8.25. The number of hydrogen-bond acceptors (Lipinski definition) is 5. The molecule has 0 heterocycles. The molecule has 0 aliphatic heterocycles. The first kappa shape index (κ1) is 23.2. The van der Waals surface area contributed by atoms with Crippen LogP contribution in [-0.2, 0) is 10.0 Å². The quantitative estimate of drug-likeness (QED) is 0.473. The van der Waals surface area contributed by atoms with E-state index in [1.165, 1.54) is 43.5 Å². The summed E-state index contributed by atoms with van der Waals surface area (Å²) in [7, 11) is -2.44. The third kappa shape index (κ3) is 5.61. The molecule has 0 bridgehead atoms. The number of sulfonamides is 1. The van der Waals surface area contributed by atoms with E-state index in [1.807, 2.05) is 0 Å². The molecule has 3 aromatic rings. The Morgan fingerprint density at radius 3 is 2.29 bits per heavy atom. The predicted octanol–water partition coefficient (Wildman–Crippen LogP) is 5.35. The molecule has 11 heteroatoms. The fourth-order valence-corrected chi connectivity index (χ4v) is 3.64. The van der Waals surface area contributed by atoms with Gasteiger partial charge >= 0.3 is 0 Å². The second-order valence-electron chi connectivity index (χ2n) is 6.19. The molecule has 0 aliphatic rings. The molecule has 7 nitrogen and oxygen atoms in total. The molecule has 0 radical (unpaired) electrons. The number of nitrogens with two attached hydrogens (primary N) is 1. The fourth-order valence-electron chi connectivity index (χ4n) is 2.55. The summed E-state index contributed by atoms with van der Waals surface area (Å²) in [6.07, 6.45) is 0. The SMILES string of the molecule is COc1ccc(Oc2cc(Cl)c(Cl)cc2C(=O)Nc2cccc(S(N)(=O)=O)c2)c(Cl)c1. The number of methoxy groups -OCH3 is 1. The second-order valence-corrected chi connectivity index (χ2v) is 8.97. The lowest BCUT2D eigenvalue weighted by Gasteiger charge is -2.14. The van der Waals surface area contributed by atoms with E-state index in [0.29, 0.717) is 5.75 Å². The molecule has 0 unspecified atom stereocenters.